The summed E-state index contributed by atoms with van der Waals surface area (Å²) in [7, 11) is 0.801. The molecule has 1 aromatic heterocycles. The summed E-state index contributed by atoms with van der Waals surface area (Å²) in [5.41, 5.74) is -0.0747. The molecule has 122 valence electrons. The van der Waals surface area contributed by atoms with Crippen molar-refractivity contribution < 1.29 is 13.7 Å². The fourth-order valence-corrected chi connectivity index (χ4v) is 2.63. The number of rotatable bonds is 2. The lowest BCUT2D eigenvalue weighted by atomic mass is 9.87. The van der Waals surface area contributed by atoms with Gasteiger partial charge in [0, 0.05) is 18.1 Å². The van der Waals surface area contributed by atoms with Crippen LogP contribution in [0.4, 0.5) is 4.39 Å². The van der Waals surface area contributed by atoms with Gasteiger partial charge >= 0.3 is 7.12 Å². The lowest BCUT2D eigenvalue weighted by Gasteiger charge is -2.32. The molecule has 0 unspecified atom stereocenters. The number of hydrogen-bond acceptors (Lipinski definition) is 3. The van der Waals surface area contributed by atoms with Crippen molar-refractivity contribution in [1.29, 1.82) is 0 Å². The molecule has 0 bridgehead atoms. The van der Waals surface area contributed by atoms with Gasteiger partial charge in [-0.3, -0.25) is 0 Å². The highest BCUT2D eigenvalue weighted by molar-refractivity contribution is 6.54. The van der Waals surface area contributed by atoms with Crippen LogP contribution in [-0.4, -0.2) is 27.9 Å². The van der Waals surface area contributed by atoms with Crippen LogP contribution < -0.4 is 0 Å². The maximum atomic E-state index is 14.6. The minimum atomic E-state index is -1.02. The standard InChI is InChI=1S/C16H19BClFN2O2/c1-15(2)16(3,4)23-17(22-15)13(19)9-14-20-11-8-10(18)6-7-12(11)21(14)5/h6-9H,1-5H3. The minimum Gasteiger partial charge on any atom is -0.398 e. The van der Waals surface area contributed by atoms with Gasteiger partial charge in [-0.15, -0.1) is 0 Å². The van der Waals surface area contributed by atoms with Crippen molar-refractivity contribution in [3.8, 4) is 0 Å². The van der Waals surface area contributed by atoms with Crippen LogP contribution in [0, 0.1) is 0 Å². The molecule has 0 spiro atoms. The molecular formula is C16H19BClFN2O2. The van der Waals surface area contributed by atoms with E-state index >= 15 is 0 Å². The van der Waals surface area contributed by atoms with Crippen molar-refractivity contribution in [3.63, 3.8) is 0 Å². The molecule has 0 aliphatic carbocycles. The third-order valence-corrected chi connectivity index (χ3v) is 4.86. The Morgan fingerprint density at radius 2 is 1.87 bits per heavy atom. The van der Waals surface area contributed by atoms with Gasteiger partial charge in [0.2, 0.25) is 0 Å². The van der Waals surface area contributed by atoms with E-state index in [1.165, 1.54) is 6.08 Å². The molecule has 2 heterocycles. The minimum absolute atomic E-state index is 0.481. The highest BCUT2D eigenvalue weighted by Gasteiger charge is 2.53. The largest absolute Gasteiger partial charge is 0.525 e. The van der Waals surface area contributed by atoms with E-state index in [4.69, 9.17) is 20.9 Å². The molecule has 1 aromatic carbocycles. The summed E-state index contributed by atoms with van der Waals surface area (Å²) in [4.78, 5) is 4.41. The second kappa shape index (κ2) is 5.33. The number of nitrogens with zero attached hydrogens (tertiary/aromatic N) is 2. The van der Waals surface area contributed by atoms with E-state index in [9.17, 15) is 4.39 Å². The Morgan fingerprint density at radius 3 is 2.48 bits per heavy atom. The zero-order chi connectivity index (χ0) is 17.0. The molecule has 0 radical (unpaired) electrons. The molecule has 3 rings (SSSR count). The van der Waals surface area contributed by atoms with Crippen LogP contribution >= 0.6 is 11.6 Å². The van der Waals surface area contributed by atoms with Crippen molar-refractivity contribution in [3.05, 3.63) is 34.8 Å². The van der Waals surface area contributed by atoms with Gasteiger partial charge in [0.25, 0.3) is 0 Å². The van der Waals surface area contributed by atoms with Crippen LogP contribution in [-0.2, 0) is 16.4 Å². The molecule has 7 heteroatoms. The van der Waals surface area contributed by atoms with Gasteiger partial charge in [0.15, 0.2) is 0 Å². The van der Waals surface area contributed by atoms with E-state index < -0.39 is 24.0 Å². The van der Waals surface area contributed by atoms with E-state index in [0.29, 0.717) is 16.4 Å². The Kier molecular flexibility index (Phi) is 3.82. The fourth-order valence-electron chi connectivity index (χ4n) is 2.47. The van der Waals surface area contributed by atoms with E-state index in [1.54, 1.807) is 16.7 Å². The lowest BCUT2D eigenvalue weighted by Crippen LogP contribution is -2.41. The van der Waals surface area contributed by atoms with Crippen molar-refractivity contribution >= 4 is 35.8 Å². The zero-order valence-corrected chi connectivity index (χ0v) is 14.6. The number of benzene rings is 1. The van der Waals surface area contributed by atoms with Gasteiger partial charge in [-0.25, -0.2) is 9.37 Å². The number of aryl methyl sites for hydroxylation is 1. The SMILES string of the molecule is Cn1c(C=C(F)B2OC(C)(C)C(C)(C)O2)nc2cc(Cl)ccc21. The van der Waals surface area contributed by atoms with Crippen molar-refractivity contribution in [2.24, 2.45) is 7.05 Å². The maximum absolute atomic E-state index is 14.6. The summed E-state index contributed by atoms with van der Waals surface area (Å²) in [5, 5.41) is 0.595. The van der Waals surface area contributed by atoms with Crippen molar-refractivity contribution in [1.82, 2.24) is 9.55 Å². The number of aromatic nitrogens is 2. The molecule has 4 nitrogen and oxygen atoms in total. The second-order valence-corrected chi connectivity index (χ2v) is 7.22. The molecule has 1 fully saturated rings. The molecule has 1 saturated heterocycles. The summed E-state index contributed by atoms with van der Waals surface area (Å²) < 4.78 is 27.8. The summed E-state index contributed by atoms with van der Waals surface area (Å²) in [6.45, 7) is 7.55. The average molecular weight is 337 g/mol. The Labute approximate surface area is 140 Å². The molecule has 1 aliphatic heterocycles. The molecule has 0 atom stereocenters. The highest BCUT2D eigenvalue weighted by Crippen LogP contribution is 2.39. The van der Waals surface area contributed by atoms with Gasteiger partial charge in [-0.2, -0.15) is 0 Å². The lowest BCUT2D eigenvalue weighted by molar-refractivity contribution is 0.00578. The van der Waals surface area contributed by atoms with Crippen molar-refractivity contribution in [2.45, 2.75) is 38.9 Å². The first-order valence-electron chi connectivity index (χ1n) is 7.45. The predicted octanol–water partition coefficient (Wildman–Crippen LogP) is 4.17. The molecule has 2 aromatic rings. The Balaban J connectivity index is 1.94. The Bertz CT molecular complexity index is 785. The summed E-state index contributed by atoms with van der Waals surface area (Å²) in [6.07, 6.45) is 1.34. The smallest absolute Gasteiger partial charge is 0.398 e. The van der Waals surface area contributed by atoms with Gasteiger partial charge < -0.3 is 13.9 Å². The van der Waals surface area contributed by atoms with E-state index in [-0.39, 0.29) is 0 Å². The summed E-state index contributed by atoms with van der Waals surface area (Å²) >= 11 is 5.97. The van der Waals surface area contributed by atoms with Gasteiger partial charge in [0.05, 0.1) is 22.2 Å². The molecule has 0 N–H and O–H groups in total. The summed E-state index contributed by atoms with van der Waals surface area (Å²) in [5.74, 6) is 0.481. The molecule has 1 aliphatic rings. The first kappa shape index (κ1) is 16.5. The van der Waals surface area contributed by atoms with Gasteiger partial charge in [-0.05, 0) is 45.9 Å². The predicted molar refractivity (Wildman–Crippen MR) is 90.9 cm³/mol. The third kappa shape index (κ3) is 2.79. The van der Waals surface area contributed by atoms with E-state index in [0.717, 1.165) is 5.52 Å². The first-order chi connectivity index (χ1) is 10.6. The molecule has 0 amide bonds. The summed E-state index contributed by atoms with van der Waals surface area (Å²) in [6, 6.07) is 5.39. The number of fused-ring (bicyclic) bond motifs is 1. The van der Waals surface area contributed by atoms with E-state index in [2.05, 4.69) is 4.98 Å². The maximum Gasteiger partial charge on any atom is 0.525 e. The van der Waals surface area contributed by atoms with Crippen LogP contribution in [0.2, 0.25) is 5.02 Å². The van der Waals surface area contributed by atoms with Crippen LogP contribution in [0.3, 0.4) is 0 Å². The van der Waals surface area contributed by atoms with E-state index in [1.807, 2.05) is 40.8 Å². The highest BCUT2D eigenvalue weighted by atomic mass is 35.5. The zero-order valence-electron chi connectivity index (χ0n) is 13.9. The number of halogens is 2. The second-order valence-electron chi connectivity index (χ2n) is 6.78. The van der Waals surface area contributed by atoms with Gasteiger partial charge in [-0.1, -0.05) is 11.6 Å². The quantitative estimate of drug-likeness (QED) is 0.772. The van der Waals surface area contributed by atoms with Crippen LogP contribution in [0.1, 0.15) is 33.5 Å². The fraction of sp³-hybridized carbons (Fsp3) is 0.438. The van der Waals surface area contributed by atoms with Crippen LogP contribution in [0.15, 0.2) is 23.9 Å². The third-order valence-electron chi connectivity index (χ3n) is 4.62. The van der Waals surface area contributed by atoms with Crippen molar-refractivity contribution in [2.75, 3.05) is 0 Å². The molecule has 0 saturated carbocycles. The normalized spacial score (nSPS) is 20.5. The Hall–Kier alpha value is -1.37. The van der Waals surface area contributed by atoms with Gasteiger partial charge in [0.1, 0.15) is 11.6 Å². The first-order valence-corrected chi connectivity index (χ1v) is 7.83. The number of hydrogen-bond donors (Lipinski definition) is 0. The Morgan fingerprint density at radius 1 is 1.26 bits per heavy atom. The number of imidazole rings is 1. The monoisotopic (exact) mass is 336 g/mol. The van der Waals surface area contributed by atoms with Crippen LogP contribution in [0.25, 0.3) is 17.1 Å². The molecular weight excluding hydrogens is 317 g/mol. The molecule has 23 heavy (non-hydrogen) atoms. The van der Waals surface area contributed by atoms with Crippen LogP contribution in [0.5, 0.6) is 0 Å². The average Bonchev–Trinajstić information content (AvgIpc) is 2.84. The topological polar surface area (TPSA) is 36.3 Å².